The van der Waals surface area contributed by atoms with Crippen molar-refractivity contribution in [1.82, 2.24) is 14.7 Å². The van der Waals surface area contributed by atoms with E-state index in [2.05, 4.69) is 31.2 Å². The summed E-state index contributed by atoms with van der Waals surface area (Å²) in [6.07, 6.45) is 2.64. The number of aliphatic hydroxyl groups is 2. The zero-order chi connectivity index (χ0) is 26.1. The number of hydrogen-bond donors (Lipinski definition) is 5. The van der Waals surface area contributed by atoms with Crippen LogP contribution in [0.15, 0.2) is 52.7 Å². The third-order valence-corrected chi connectivity index (χ3v) is 8.21. The van der Waals surface area contributed by atoms with Crippen LogP contribution in [0.4, 0.5) is 5.82 Å². The van der Waals surface area contributed by atoms with E-state index >= 15 is 0 Å². The van der Waals surface area contributed by atoms with Crippen LogP contribution < -0.4 is 10.0 Å². The van der Waals surface area contributed by atoms with Crippen molar-refractivity contribution in [2.45, 2.75) is 37.5 Å². The van der Waals surface area contributed by atoms with Gasteiger partial charge in [0.25, 0.3) is 0 Å². The Labute approximate surface area is 220 Å². The van der Waals surface area contributed by atoms with Gasteiger partial charge in [0, 0.05) is 29.2 Å². The highest BCUT2D eigenvalue weighted by Gasteiger charge is 2.34. The first-order valence-electron chi connectivity index (χ1n) is 11.0. The van der Waals surface area contributed by atoms with Gasteiger partial charge in [-0.05, 0) is 54.5 Å². The van der Waals surface area contributed by atoms with Crippen LogP contribution in [0.25, 0.3) is 0 Å². The highest BCUT2D eigenvalue weighted by atomic mass is 79.9. The van der Waals surface area contributed by atoms with E-state index in [9.17, 15) is 23.4 Å². The average molecular weight is 598 g/mol. The van der Waals surface area contributed by atoms with E-state index in [0.717, 1.165) is 4.47 Å². The molecule has 192 valence electrons. The lowest BCUT2D eigenvalue weighted by Gasteiger charge is -2.23. The second-order valence-electron chi connectivity index (χ2n) is 8.86. The van der Waals surface area contributed by atoms with Crippen molar-refractivity contribution in [3.05, 3.63) is 74.3 Å². The topological polar surface area (TPSA) is 162 Å². The SMILES string of the molecule is C[C@@](O)(c1cccc(Br)c1)c1csc(C(=O)c2cncnc2N[C@@H]2C[C@H](CNS(=O)(=O)O)[C@@H](O)C2)c1. The van der Waals surface area contributed by atoms with Crippen LogP contribution in [-0.2, 0) is 15.9 Å². The summed E-state index contributed by atoms with van der Waals surface area (Å²) in [6, 6.07) is 8.71. The van der Waals surface area contributed by atoms with Gasteiger partial charge in [-0.1, -0.05) is 28.1 Å². The summed E-state index contributed by atoms with van der Waals surface area (Å²) in [6.45, 7) is 1.56. The molecule has 5 N–H and O–H groups in total. The minimum absolute atomic E-state index is 0.108. The second kappa shape index (κ2) is 10.6. The van der Waals surface area contributed by atoms with Crippen molar-refractivity contribution in [3.63, 3.8) is 0 Å². The molecule has 0 saturated heterocycles. The van der Waals surface area contributed by atoms with Gasteiger partial charge in [-0.3, -0.25) is 9.35 Å². The Morgan fingerprint density at radius 2 is 2.06 bits per heavy atom. The van der Waals surface area contributed by atoms with Gasteiger partial charge in [-0.15, -0.1) is 11.3 Å². The molecule has 0 spiro atoms. The Morgan fingerprint density at radius 3 is 2.78 bits per heavy atom. The fourth-order valence-electron chi connectivity index (χ4n) is 4.26. The van der Waals surface area contributed by atoms with Crippen LogP contribution in [0, 0.1) is 5.92 Å². The Kier molecular flexibility index (Phi) is 7.90. The number of nitrogens with zero attached hydrogens (tertiary/aromatic N) is 2. The number of thiophene rings is 1. The lowest BCUT2D eigenvalue weighted by atomic mass is 9.90. The van der Waals surface area contributed by atoms with Crippen molar-refractivity contribution in [2.24, 2.45) is 5.92 Å². The number of hydrogen-bond acceptors (Lipinski definition) is 9. The number of benzene rings is 1. The number of halogens is 1. The molecule has 2 heterocycles. The zero-order valence-corrected chi connectivity index (χ0v) is 22.3. The molecule has 1 aliphatic rings. The second-order valence-corrected chi connectivity index (χ2v) is 11.9. The summed E-state index contributed by atoms with van der Waals surface area (Å²) in [4.78, 5) is 22.0. The van der Waals surface area contributed by atoms with Gasteiger partial charge in [0.1, 0.15) is 17.7 Å². The summed E-state index contributed by atoms with van der Waals surface area (Å²) < 4.78 is 33.6. The lowest BCUT2D eigenvalue weighted by Crippen LogP contribution is -2.32. The highest BCUT2D eigenvalue weighted by molar-refractivity contribution is 9.10. The number of aliphatic hydroxyl groups excluding tert-OH is 1. The molecule has 1 aliphatic carbocycles. The fourth-order valence-corrected chi connectivity index (χ4v) is 6.05. The summed E-state index contributed by atoms with van der Waals surface area (Å²) >= 11 is 4.62. The fraction of sp³-hybridized carbons (Fsp3) is 0.348. The Morgan fingerprint density at radius 1 is 1.28 bits per heavy atom. The molecule has 13 heteroatoms. The molecule has 3 aromatic rings. The highest BCUT2D eigenvalue weighted by Crippen LogP contribution is 2.35. The van der Waals surface area contributed by atoms with E-state index < -0.39 is 27.9 Å². The molecular formula is C23H25BrN4O6S2. The maximum atomic E-state index is 13.4. The number of nitrogens with one attached hydrogen (secondary N) is 2. The van der Waals surface area contributed by atoms with Crippen molar-refractivity contribution in [1.29, 1.82) is 0 Å². The molecule has 1 fully saturated rings. The van der Waals surface area contributed by atoms with E-state index in [1.807, 2.05) is 29.0 Å². The van der Waals surface area contributed by atoms with Gasteiger partial charge >= 0.3 is 10.3 Å². The maximum absolute atomic E-state index is 13.4. The minimum atomic E-state index is -4.35. The largest absolute Gasteiger partial charge is 0.393 e. The minimum Gasteiger partial charge on any atom is -0.393 e. The Hall–Kier alpha value is -2.26. The Balaban J connectivity index is 1.50. The van der Waals surface area contributed by atoms with Gasteiger partial charge in [-0.2, -0.15) is 13.1 Å². The van der Waals surface area contributed by atoms with E-state index in [-0.39, 0.29) is 23.9 Å². The molecule has 2 aromatic heterocycles. The summed E-state index contributed by atoms with van der Waals surface area (Å²) in [5.74, 6) is -0.433. The quantitative estimate of drug-likeness (QED) is 0.185. The Bertz CT molecular complexity index is 1360. The standard InChI is InChI=1S/C23H25BrN4O6S2/c1-23(31,14-3-2-4-16(24)6-14)15-7-20(35-11-15)21(30)18-10-25-12-26-22(18)28-17-5-13(19(29)8-17)9-27-36(32,33)34/h2-4,6-7,10-13,17,19,27,29,31H,5,8-9H2,1H3,(H,25,26,28)(H,32,33,34)/t13-,17-,19+,23-/m1/s1. The number of aromatic nitrogens is 2. The lowest BCUT2D eigenvalue weighted by molar-refractivity contribution is 0.102. The van der Waals surface area contributed by atoms with Crippen LogP contribution in [0.3, 0.4) is 0 Å². The third-order valence-electron chi connectivity index (χ3n) is 6.26. The van der Waals surface area contributed by atoms with Crippen molar-refractivity contribution < 1.29 is 28.0 Å². The average Bonchev–Trinajstić information content (AvgIpc) is 3.44. The first-order valence-corrected chi connectivity index (χ1v) is 14.1. The molecule has 1 aromatic carbocycles. The first kappa shape index (κ1) is 26.8. The molecule has 0 aliphatic heterocycles. The number of carbonyl (C=O) groups is 1. The van der Waals surface area contributed by atoms with E-state index in [1.165, 1.54) is 23.9 Å². The number of rotatable bonds is 9. The molecule has 0 bridgehead atoms. The molecule has 4 rings (SSSR count). The number of anilines is 1. The van der Waals surface area contributed by atoms with Gasteiger partial charge in [-0.25, -0.2) is 9.97 Å². The van der Waals surface area contributed by atoms with Crippen molar-refractivity contribution >= 4 is 49.2 Å². The number of carbonyl (C=O) groups excluding carboxylic acids is 1. The maximum Gasteiger partial charge on any atom is 0.333 e. The first-order chi connectivity index (χ1) is 16.9. The molecule has 36 heavy (non-hydrogen) atoms. The summed E-state index contributed by atoms with van der Waals surface area (Å²) in [7, 11) is -4.35. The molecule has 0 radical (unpaired) electrons. The molecule has 10 nitrogen and oxygen atoms in total. The molecule has 1 saturated carbocycles. The summed E-state index contributed by atoms with van der Waals surface area (Å²) in [5.41, 5.74) is 0.185. The monoisotopic (exact) mass is 596 g/mol. The normalized spacial score (nSPS) is 21.8. The predicted octanol–water partition coefficient (Wildman–Crippen LogP) is 2.73. The van der Waals surface area contributed by atoms with E-state index in [0.29, 0.717) is 34.7 Å². The van der Waals surface area contributed by atoms with Gasteiger partial charge in [0.05, 0.1) is 16.5 Å². The van der Waals surface area contributed by atoms with Crippen molar-refractivity contribution in [3.8, 4) is 0 Å². The zero-order valence-electron chi connectivity index (χ0n) is 19.1. The van der Waals surface area contributed by atoms with Gasteiger partial charge < -0.3 is 15.5 Å². The van der Waals surface area contributed by atoms with Crippen molar-refractivity contribution in [2.75, 3.05) is 11.9 Å². The molecule has 0 unspecified atom stereocenters. The molecular weight excluding hydrogens is 572 g/mol. The van der Waals surface area contributed by atoms with Crippen LogP contribution in [0.5, 0.6) is 0 Å². The smallest absolute Gasteiger partial charge is 0.333 e. The summed E-state index contributed by atoms with van der Waals surface area (Å²) in [5, 5.41) is 26.4. The number of ketones is 1. The third kappa shape index (κ3) is 6.17. The van der Waals surface area contributed by atoms with E-state index in [4.69, 9.17) is 4.55 Å². The predicted molar refractivity (Wildman–Crippen MR) is 138 cm³/mol. The van der Waals surface area contributed by atoms with E-state index in [1.54, 1.807) is 18.4 Å². The van der Waals surface area contributed by atoms with Crippen LogP contribution in [0.1, 0.15) is 46.1 Å². The van der Waals surface area contributed by atoms with Gasteiger partial charge in [0.2, 0.25) is 5.78 Å². The van der Waals surface area contributed by atoms with Gasteiger partial charge in [0.15, 0.2) is 0 Å². The van der Waals surface area contributed by atoms with Crippen LogP contribution in [-0.4, -0.2) is 57.6 Å². The molecule has 0 amide bonds. The molecule has 4 atom stereocenters. The van der Waals surface area contributed by atoms with Crippen LogP contribution in [0.2, 0.25) is 0 Å². The van der Waals surface area contributed by atoms with Crippen LogP contribution >= 0.6 is 27.3 Å².